The van der Waals surface area contributed by atoms with Crippen LogP contribution in [0.3, 0.4) is 0 Å². The van der Waals surface area contributed by atoms with Gasteiger partial charge in [0.05, 0.1) is 12.8 Å². The fourth-order valence-electron chi connectivity index (χ4n) is 2.21. The molecule has 1 aromatic carbocycles. The van der Waals surface area contributed by atoms with Crippen molar-refractivity contribution < 1.29 is 9.21 Å². The van der Waals surface area contributed by atoms with Gasteiger partial charge in [-0.05, 0) is 30.2 Å². The second-order valence-electron chi connectivity index (χ2n) is 5.14. The van der Waals surface area contributed by atoms with E-state index in [1.165, 1.54) is 11.8 Å². The lowest BCUT2D eigenvalue weighted by Crippen LogP contribution is -2.22. The fraction of sp³-hybridized carbons (Fsp3) is 0.176. The number of aryl methyl sites for hydroxylation is 1. The predicted octanol–water partition coefficient (Wildman–Crippen LogP) is 2.76. The van der Waals surface area contributed by atoms with Crippen LogP contribution in [0.15, 0.2) is 59.5 Å². The smallest absolute Gasteiger partial charge is 0.287 e. The molecule has 0 saturated carbocycles. The summed E-state index contributed by atoms with van der Waals surface area (Å²) in [7, 11) is 0. The zero-order valence-electron chi connectivity index (χ0n) is 12.3. The Morgan fingerprint density at radius 1 is 1.23 bits per heavy atom. The summed E-state index contributed by atoms with van der Waals surface area (Å²) in [5.74, 6) is 0.179. The molecule has 5 heteroatoms. The van der Waals surface area contributed by atoms with Gasteiger partial charge in [-0.2, -0.15) is 5.10 Å². The molecule has 1 N–H and O–H groups in total. The highest BCUT2D eigenvalue weighted by molar-refractivity contribution is 5.92. The molecule has 22 heavy (non-hydrogen) atoms. The molecule has 5 nitrogen and oxygen atoms in total. The van der Waals surface area contributed by atoms with Gasteiger partial charge in [0.2, 0.25) is 0 Å². The van der Waals surface area contributed by atoms with E-state index >= 15 is 0 Å². The van der Waals surface area contributed by atoms with Gasteiger partial charge in [-0.1, -0.05) is 24.3 Å². The van der Waals surface area contributed by atoms with Crippen LogP contribution in [0, 0.1) is 6.92 Å². The molecule has 0 spiro atoms. The average Bonchev–Trinajstić information content (AvgIpc) is 3.18. The Hall–Kier alpha value is -2.82. The lowest BCUT2D eigenvalue weighted by atomic mass is 10.1. The summed E-state index contributed by atoms with van der Waals surface area (Å²) < 4.78 is 7.04. The van der Waals surface area contributed by atoms with Gasteiger partial charge in [0.15, 0.2) is 5.76 Å². The molecule has 0 unspecified atom stereocenters. The summed E-state index contributed by atoms with van der Waals surface area (Å²) >= 11 is 0. The van der Waals surface area contributed by atoms with E-state index in [0.717, 1.165) is 17.7 Å². The van der Waals surface area contributed by atoms with Crippen LogP contribution in [0.4, 0.5) is 0 Å². The first-order chi connectivity index (χ1) is 10.7. The van der Waals surface area contributed by atoms with E-state index in [4.69, 9.17) is 4.42 Å². The van der Waals surface area contributed by atoms with Crippen LogP contribution < -0.4 is 5.32 Å². The highest BCUT2D eigenvalue weighted by Crippen LogP contribution is 2.10. The van der Waals surface area contributed by atoms with E-state index < -0.39 is 0 Å². The van der Waals surface area contributed by atoms with Crippen LogP contribution in [0.5, 0.6) is 0 Å². The number of amides is 1. The highest BCUT2D eigenvalue weighted by Gasteiger charge is 2.11. The second kappa shape index (κ2) is 6.30. The van der Waals surface area contributed by atoms with Gasteiger partial charge in [-0.15, -0.1) is 0 Å². The molecule has 2 aromatic heterocycles. The molecule has 0 aliphatic rings. The molecule has 0 saturated heterocycles. The minimum Gasteiger partial charge on any atom is -0.459 e. The van der Waals surface area contributed by atoms with Crippen molar-refractivity contribution in [1.29, 1.82) is 0 Å². The Bertz CT molecular complexity index is 743. The Morgan fingerprint density at radius 3 is 2.64 bits per heavy atom. The molecule has 0 aliphatic heterocycles. The maximum absolute atomic E-state index is 12.0. The molecule has 0 atom stereocenters. The highest BCUT2D eigenvalue weighted by atomic mass is 16.3. The van der Waals surface area contributed by atoms with E-state index in [1.54, 1.807) is 12.3 Å². The lowest BCUT2D eigenvalue weighted by Gasteiger charge is -2.06. The first kappa shape index (κ1) is 14.1. The van der Waals surface area contributed by atoms with E-state index in [2.05, 4.69) is 10.4 Å². The Kier molecular flexibility index (Phi) is 4.05. The number of aromatic nitrogens is 2. The van der Waals surface area contributed by atoms with Crippen LogP contribution in [0.2, 0.25) is 0 Å². The van der Waals surface area contributed by atoms with E-state index in [1.807, 2.05) is 48.1 Å². The molecule has 0 radical (unpaired) electrons. The third-order valence-corrected chi connectivity index (χ3v) is 3.45. The van der Waals surface area contributed by atoms with Crippen molar-refractivity contribution in [2.75, 3.05) is 0 Å². The summed E-state index contributed by atoms with van der Waals surface area (Å²) in [6.45, 7) is 3.06. The number of benzene rings is 1. The molecule has 0 aliphatic carbocycles. The fourth-order valence-corrected chi connectivity index (χ4v) is 2.21. The van der Waals surface area contributed by atoms with Gasteiger partial charge in [0.25, 0.3) is 5.91 Å². The largest absolute Gasteiger partial charge is 0.459 e. The average molecular weight is 295 g/mol. The molecule has 2 heterocycles. The van der Waals surface area contributed by atoms with Crippen LogP contribution in [-0.2, 0) is 13.1 Å². The van der Waals surface area contributed by atoms with Gasteiger partial charge in [0, 0.05) is 24.5 Å². The number of hydrogen-bond acceptors (Lipinski definition) is 3. The number of carbonyl (C=O) groups is 1. The molecule has 0 fully saturated rings. The summed E-state index contributed by atoms with van der Waals surface area (Å²) in [5, 5.41) is 7.04. The molecular weight excluding hydrogens is 278 g/mol. The summed E-state index contributed by atoms with van der Waals surface area (Å²) in [5.41, 5.74) is 3.05. The van der Waals surface area contributed by atoms with Gasteiger partial charge < -0.3 is 9.73 Å². The van der Waals surface area contributed by atoms with Gasteiger partial charge in [-0.25, -0.2) is 0 Å². The Balaban J connectivity index is 1.57. The maximum Gasteiger partial charge on any atom is 0.287 e. The Morgan fingerprint density at radius 2 is 2.00 bits per heavy atom. The van der Waals surface area contributed by atoms with Crippen molar-refractivity contribution >= 4 is 5.91 Å². The first-order valence-electron chi connectivity index (χ1n) is 7.10. The van der Waals surface area contributed by atoms with Crippen LogP contribution >= 0.6 is 0 Å². The number of nitrogens with zero attached hydrogens (tertiary/aromatic N) is 2. The van der Waals surface area contributed by atoms with Crippen molar-refractivity contribution in [3.05, 3.63) is 77.5 Å². The van der Waals surface area contributed by atoms with Crippen LogP contribution in [-0.4, -0.2) is 15.7 Å². The van der Waals surface area contributed by atoms with Crippen molar-refractivity contribution in [3.8, 4) is 0 Å². The lowest BCUT2D eigenvalue weighted by molar-refractivity contribution is 0.0922. The number of furan rings is 1. The zero-order chi connectivity index (χ0) is 15.4. The van der Waals surface area contributed by atoms with Crippen molar-refractivity contribution in [2.24, 2.45) is 0 Å². The minimum atomic E-state index is -0.192. The first-order valence-corrected chi connectivity index (χ1v) is 7.10. The monoisotopic (exact) mass is 295 g/mol. The van der Waals surface area contributed by atoms with Gasteiger partial charge >= 0.3 is 0 Å². The minimum absolute atomic E-state index is 0.192. The summed E-state index contributed by atoms with van der Waals surface area (Å²) in [6, 6.07) is 11.8. The number of carbonyl (C=O) groups excluding carboxylic acids is 1. The predicted molar refractivity (Wildman–Crippen MR) is 82.4 cm³/mol. The van der Waals surface area contributed by atoms with Gasteiger partial charge in [0.1, 0.15) is 0 Å². The quantitative estimate of drug-likeness (QED) is 0.787. The van der Waals surface area contributed by atoms with E-state index in [0.29, 0.717) is 12.3 Å². The molecule has 1 amide bonds. The number of nitrogens with one attached hydrogen (secondary N) is 1. The van der Waals surface area contributed by atoms with Crippen molar-refractivity contribution in [1.82, 2.24) is 15.1 Å². The summed E-state index contributed by atoms with van der Waals surface area (Å²) in [4.78, 5) is 12.0. The molecule has 112 valence electrons. The molecule has 3 rings (SSSR count). The zero-order valence-corrected chi connectivity index (χ0v) is 12.3. The molecular formula is C17H17N3O2. The molecule has 0 bridgehead atoms. The SMILES string of the molecule is Cc1ccoc1C(=O)NCc1ccc(Cn2cccn2)cc1. The topological polar surface area (TPSA) is 60.1 Å². The normalized spacial score (nSPS) is 10.6. The van der Waals surface area contributed by atoms with E-state index in [-0.39, 0.29) is 5.91 Å². The van der Waals surface area contributed by atoms with E-state index in [9.17, 15) is 4.79 Å². The van der Waals surface area contributed by atoms with Gasteiger partial charge in [-0.3, -0.25) is 9.48 Å². The summed E-state index contributed by atoms with van der Waals surface area (Å²) in [6.07, 6.45) is 5.22. The Labute approximate surface area is 128 Å². The molecule has 3 aromatic rings. The second-order valence-corrected chi connectivity index (χ2v) is 5.14. The van der Waals surface area contributed by atoms with Crippen LogP contribution in [0.25, 0.3) is 0 Å². The number of hydrogen-bond donors (Lipinski definition) is 1. The third kappa shape index (κ3) is 3.25. The third-order valence-electron chi connectivity index (χ3n) is 3.45. The van der Waals surface area contributed by atoms with Crippen LogP contribution in [0.1, 0.15) is 27.2 Å². The number of rotatable bonds is 5. The standard InChI is InChI=1S/C17H17N3O2/c1-13-7-10-22-16(13)17(21)18-11-14-3-5-15(6-4-14)12-20-9-2-8-19-20/h2-10H,11-12H2,1H3,(H,18,21). The van der Waals surface area contributed by atoms with Crippen molar-refractivity contribution in [3.63, 3.8) is 0 Å². The maximum atomic E-state index is 12.0. The van der Waals surface area contributed by atoms with Crippen molar-refractivity contribution in [2.45, 2.75) is 20.0 Å².